The third-order valence-corrected chi connectivity index (χ3v) is 8.92. The Morgan fingerprint density at radius 3 is 2.40 bits per heavy atom. The molecular weight excluding hydrogens is 510 g/mol. The number of piperidine rings is 1. The van der Waals surface area contributed by atoms with Crippen LogP contribution in [0.3, 0.4) is 0 Å². The molecule has 0 radical (unpaired) electrons. The molecule has 2 aliphatic rings. The molecule has 2 aliphatic heterocycles. The summed E-state index contributed by atoms with van der Waals surface area (Å²) in [7, 11) is -3.57. The smallest absolute Gasteiger partial charge is 0.293 e. The Labute approximate surface area is 213 Å². The van der Waals surface area contributed by atoms with Gasteiger partial charge in [0.2, 0.25) is 10.0 Å². The summed E-state index contributed by atoms with van der Waals surface area (Å²) in [6.45, 7) is 1.08. The average molecular weight is 534 g/mol. The van der Waals surface area contributed by atoms with Crippen LogP contribution in [0.25, 0.3) is 6.08 Å². The lowest BCUT2D eigenvalue weighted by Crippen LogP contribution is -2.37. The van der Waals surface area contributed by atoms with Gasteiger partial charge in [-0.05, 0) is 66.6 Å². The van der Waals surface area contributed by atoms with Crippen LogP contribution in [0.15, 0.2) is 58.3 Å². The normalized spacial score (nSPS) is 18.3. The van der Waals surface area contributed by atoms with Crippen LogP contribution in [-0.4, -0.2) is 60.9 Å². The van der Waals surface area contributed by atoms with Crippen LogP contribution in [-0.2, 0) is 14.8 Å². The number of thioether (sulfide) groups is 1. The summed E-state index contributed by atoms with van der Waals surface area (Å²) >= 11 is 6.95. The highest BCUT2D eigenvalue weighted by Crippen LogP contribution is 2.33. The molecule has 2 heterocycles. The number of sulfonamides is 1. The molecule has 0 bridgehead atoms. The predicted molar refractivity (Wildman–Crippen MR) is 136 cm³/mol. The molecule has 8 nitrogen and oxygen atoms in total. The minimum absolute atomic E-state index is 0.0116. The van der Waals surface area contributed by atoms with Gasteiger partial charge in [-0.25, -0.2) is 8.42 Å². The Balaban J connectivity index is 1.33. The summed E-state index contributed by atoms with van der Waals surface area (Å²) in [6, 6.07) is 12.8. The molecule has 2 aromatic rings. The molecule has 2 saturated heterocycles. The minimum atomic E-state index is -3.57. The van der Waals surface area contributed by atoms with Crippen molar-refractivity contribution < 1.29 is 22.8 Å². The third-order valence-electron chi connectivity index (χ3n) is 5.76. The SMILES string of the molecule is O=C(NCCN1C(=O)S/C(=C\c2ccccc2Cl)C1=O)c1ccc(S(=O)(=O)N2CCCCC2)cc1. The van der Waals surface area contributed by atoms with Gasteiger partial charge in [-0.15, -0.1) is 0 Å². The third kappa shape index (κ3) is 5.78. The van der Waals surface area contributed by atoms with E-state index in [-0.39, 0.29) is 28.5 Å². The summed E-state index contributed by atoms with van der Waals surface area (Å²) in [5.74, 6) is -0.869. The summed E-state index contributed by atoms with van der Waals surface area (Å²) in [5, 5.41) is 2.72. The monoisotopic (exact) mass is 533 g/mol. The van der Waals surface area contributed by atoms with Crippen LogP contribution in [0.4, 0.5) is 4.79 Å². The second-order valence-corrected chi connectivity index (χ2v) is 11.4. The summed E-state index contributed by atoms with van der Waals surface area (Å²) in [5.41, 5.74) is 0.925. The molecule has 2 fully saturated rings. The van der Waals surface area contributed by atoms with Crippen molar-refractivity contribution in [2.24, 2.45) is 0 Å². The number of benzene rings is 2. The van der Waals surface area contributed by atoms with Gasteiger partial charge in [0.25, 0.3) is 17.1 Å². The average Bonchev–Trinajstić information content (AvgIpc) is 3.13. The number of carbonyl (C=O) groups excluding carboxylic acids is 3. The van der Waals surface area contributed by atoms with Crippen LogP contribution >= 0.6 is 23.4 Å². The molecule has 35 heavy (non-hydrogen) atoms. The Kier molecular flexibility index (Phi) is 7.95. The van der Waals surface area contributed by atoms with Gasteiger partial charge in [-0.3, -0.25) is 19.3 Å². The number of hydrogen-bond donors (Lipinski definition) is 1. The molecule has 0 saturated carbocycles. The number of nitrogens with one attached hydrogen (secondary N) is 1. The number of amides is 3. The van der Waals surface area contributed by atoms with E-state index in [1.165, 1.54) is 28.6 Å². The zero-order chi connectivity index (χ0) is 25.0. The first kappa shape index (κ1) is 25.4. The number of imide groups is 1. The molecule has 0 atom stereocenters. The van der Waals surface area contributed by atoms with Crippen molar-refractivity contribution in [1.29, 1.82) is 0 Å². The molecule has 1 N–H and O–H groups in total. The van der Waals surface area contributed by atoms with Gasteiger partial charge in [-0.1, -0.05) is 36.2 Å². The summed E-state index contributed by atoms with van der Waals surface area (Å²) in [6.07, 6.45) is 4.29. The second-order valence-electron chi connectivity index (χ2n) is 8.10. The Morgan fingerprint density at radius 2 is 1.71 bits per heavy atom. The Bertz CT molecular complexity index is 1270. The van der Waals surface area contributed by atoms with E-state index in [0.717, 1.165) is 35.9 Å². The Hall–Kier alpha value is -2.66. The molecule has 2 aromatic carbocycles. The van der Waals surface area contributed by atoms with Gasteiger partial charge < -0.3 is 5.32 Å². The predicted octanol–water partition coefficient (Wildman–Crippen LogP) is 3.98. The first-order chi connectivity index (χ1) is 16.8. The van der Waals surface area contributed by atoms with Gasteiger partial charge in [0, 0.05) is 36.8 Å². The molecule has 3 amide bonds. The molecule has 184 valence electrons. The number of hydrogen-bond acceptors (Lipinski definition) is 6. The first-order valence-electron chi connectivity index (χ1n) is 11.2. The van der Waals surface area contributed by atoms with Crippen LogP contribution in [0.2, 0.25) is 5.02 Å². The largest absolute Gasteiger partial charge is 0.350 e. The van der Waals surface area contributed by atoms with Gasteiger partial charge in [0.05, 0.1) is 9.80 Å². The first-order valence-corrected chi connectivity index (χ1v) is 13.8. The highest BCUT2D eigenvalue weighted by Gasteiger charge is 2.34. The van der Waals surface area contributed by atoms with Crippen molar-refractivity contribution in [2.45, 2.75) is 24.2 Å². The van der Waals surface area contributed by atoms with E-state index in [4.69, 9.17) is 11.6 Å². The lowest BCUT2D eigenvalue weighted by molar-refractivity contribution is -0.122. The quantitative estimate of drug-likeness (QED) is 0.540. The Morgan fingerprint density at radius 1 is 1.03 bits per heavy atom. The number of rotatable bonds is 7. The fraction of sp³-hybridized carbons (Fsp3) is 0.292. The van der Waals surface area contributed by atoms with E-state index in [2.05, 4.69) is 5.32 Å². The van der Waals surface area contributed by atoms with Crippen molar-refractivity contribution in [1.82, 2.24) is 14.5 Å². The lowest BCUT2D eigenvalue weighted by Gasteiger charge is -2.25. The molecule has 11 heteroatoms. The highest BCUT2D eigenvalue weighted by atomic mass is 35.5. The van der Waals surface area contributed by atoms with Gasteiger partial charge in [0.1, 0.15) is 0 Å². The maximum absolute atomic E-state index is 12.8. The van der Waals surface area contributed by atoms with Gasteiger partial charge >= 0.3 is 0 Å². The fourth-order valence-corrected chi connectivity index (χ4v) is 6.41. The van der Waals surface area contributed by atoms with Crippen molar-refractivity contribution in [2.75, 3.05) is 26.2 Å². The van der Waals surface area contributed by atoms with E-state index in [9.17, 15) is 22.8 Å². The number of halogens is 1. The highest BCUT2D eigenvalue weighted by molar-refractivity contribution is 8.18. The zero-order valence-corrected chi connectivity index (χ0v) is 21.2. The molecule has 0 aromatic heterocycles. The standard InChI is InChI=1S/C24H24ClN3O5S2/c25-20-7-3-2-6-18(20)16-21-23(30)28(24(31)34-21)15-12-26-22(29)17-8-10-19(11-9-17)35(32,33)27-13-4-1-5-14-27/h2-3,6-11,16H,1,4-5,12-15H2,(H,26,29)/b21-16-. The number of nitrogens with zero attached hydrogens (tertiary/aromatic N) is 2. The lowest BCUT2D eigenvalue weighted by atomic mass is 10.2. The minimum Gasteiger partial charge on any atom is -0.350 e. The molecule has 0 unspecified atom stereocenters. The molecular formula is C24H24ClN3O5S2. The van der Waals surface area contributed by atoms with Crippen LogP contribution in [0, 0.1) is 0 Å². The van der Waals surface area contributed by atoms with Crippen LogP contribution in [0.1, 0.15) is 35.2 Å². The fourth-order valence-electron chi connectivity index (χ4n) is 3.84. The van der Waals surface area contributed by atoms with Crippen LogP contribution in [0.5, 0.6) is 0 Å². The molecule has 0 spiro atoms. The summed E-state index contributed by atoms with van der Waals surface area (Å²) < 4.78 is 27.0. The van der Waals surface area contributed by atoms with Crippen molar-refractivity contribution in [3.05, 3.63) is 69.6 Å². The second kappa shape index (κ2) is 10.9. The maximum Gasteiger partial charge on any atom is 0.293 e. The molecule has 4 rings (SSSR count). The van der Waals surface area contributed by atoms with E-state index >= 15 is 0 Å². The van der Waals surface area contributed by atoms with E-state index in [1.54, 1.807) is 30.3 Å². The maximum atomic E-state index is 12.8. The van der Waals surface area contributed by atoms with Crippen molar-refractivity contribution >= 4 is 56.5 Å². The topological polar surface area (TPSA) is 104 Å². The van der Waals surface area contributed by atoms with Crippen molar-refractivity contribution in [3.63, 3.8) is 0 Å². The van der Waals surface area contributed by atoms with E-state index in [0.29, 0.717) is 23.7 Å². The van der Waals surface area contributed by atoms with E-state index < -0.39 is 27.1 Å². The van der Waals surface area contributed by atoms with Gasteiger partial charge in [-0.2, -0.15) is 4.31 Å². The summed E-state index contributed by atoms with van der Waals surface area (Å²) in [4.78, 5) is 38.9. The van der Waals surface area contributed by atoms with Gasteiger partial charge in [0.15, 0.2) is 0 Å². The zero-order valence-electron chi connectivity index (χ0n) is 18.8. The molecule has 0 aliphatic carbocycles. The van der Waals surface area contributed by atoms with Crippen LogP contribution < -0.4 is 5.32 Å². The van der Waals surface area contributed by atoms with E-state index in [1.807, 2.05) is 0 Å². The van der Waals surface area contributed by atoms with Crippen molar-refractivity contribution in [3.8, 4) is 0 Å². The number of carbonyl (C=O) groups is 3.